The Morgan fingerprint density at radius 1 is 1.16 bits per heavy atom. The summed E-state index contributed by atoms with van der Waals surface area (Å²) in [6.07, 6.45) is 6.74. The van der Waals surface area contributed by atoms with Crippen LogP contribution in [0.3, 0.4) is 0 Å². The molecule has 0 saturated carbocycles. The van der Waals surface area contributed by atoms with Gasteiger partial charge in [-0.05, 0) is 71.9 Å². The van der Waals surface area contributed by atoms with Gasteiger partial charge in [0.2, 0.25) is 0 Å². The first kappa shape index (κ1) is 21.1. The van der Waals surface area contributed by atoms with E-state index >= 15 is 0 Å². The molecule has 2 unspecified atom stereocenters. The zero-order valence-corrected chi connectivity index (χ0v) is 18.4. The van der Waals surface area contributed by atoms with E-state index in [1.54, 1.807) is 13.2 Å². The van der Waals surface area contributed by atoms with E-state index in [2.05, 4.69) is 45.9 Å². The Morgan fingerprint density at radius 3 is 2.84 bits per heavy atom. The zero-order valence-electron chi connectivity index (χ0n) is 17.5. The number of nitrogens with zero attached hydrogens (tertiary/aromatic N) is 1. The van der Waals surface area contributed by atoms with Crippen molar-refractivity contribution in [3.63, 3.8) is 0 Å². The van der Waals surface area contributed by atoms with Crippen LogP contribution in [0.1, 0.15) is 34.6 Å². The summed E-state index contributed by atoms with van der Waals surface area (Å²) >= 11 is 5.62. The first-order valence-electron chi connectivity index (χ1n) is 10.5. The molecule has 0 spiro atoms. The van der Waals surface area contributed by atoms with Crippen LogP contribution in [0.4, 0.5) is 0 Å². The highest BCUT2D eigenvalue weighted by Gasteiger charge is 2.30. The molecule has 31 heavy (non-hydrogen) atoms. The van der Waals surface area contributed by atoms with Gasteiger partial charge >= 0.3 is 0 Å². The Balaban J connectivity index is 1.45. The molecule has 0 amide bonds. The number of benzene rings is 2. The maximum Gasteiger partial charge on any atom is 0.166 e. The fraction of sp³-hybridized carbons (Fsp3) is 0.280. The molecule has 3 aromatic rings. The Kier molecular flexibility index (Phi) is 6.67. The molecular formula is C25H27N3O2S. The van der Waals surface area contributed by atoms with Crippen LogP contribution in [0.2, 0.25) is 0 Å². The monoisotopic (exact) mass is 433 g/mol. The van der Waals surface area contributed by atoms with E-state index in [4.69, 9.17) is 17.0 Å². The van der Waals surface area contributed by atoms with Crippen LogP contribution in [-0.4, -0.2) is 28.4 Å². The minimum absolute atomic E-state index is 0.131. The number of hydrogen-bond donors (Lipinski definition) is 3. The van der Waals surface area contributed by atoms with Gasteiger partial charge in [0.25, 0.3) is 0 Å². The zero-order chi connectivity index (χ0) is 21.6. The molecule has 4 rings (SSSR count). The largest absolute Gasteiger partial charge is 0.504 e. The summed E-state index contributed by atoms with van der Waals surface area (Å²) in [5, 5.41) is 17.3. The highest BCUT2D eigenvalue weighted by Crippen LogP contribution is 2.34. The second-order valence-corrected chi connectivity index (χ2v) is 8.26. The fourth-order valence-electron chi connectivity index (χ4n) is 4.28. The number of phenolic OH excluding ortho intramolecular Hbond substituents is 1. The molecule has 1 aliphatic carbocycles. The van der Waals surface area contributed by atoms with Crippen molar-refractivity contribution in [2.24, 2.45) is 0 Å². The number of nitrogens with one attached hydrogen (secondary N) is 2. The average molecular weight is 434 g/mol. The van der Waals surface area contributed by atoms with E-state index < -0.39 is 0 Å². The molecule has 160 valence electrons. The number of fused-ring (bicyclic) bond motifs is 1. The van der Waals surface area contributed by atoms with Crippen LogP contribution in [-0.2, 0) is 19.4 Å². The highest BCUT2D eigenvalue weighted by molar-refractivity contribution is 7.80. The van der Waals surface area contributed by atoms with E-state index in [0.29, 0.717) is 23.3 Å². The predicted octanol–water partition coefficient (Wildman–Crippen LogP) is 4.10. The van der Waals surface area contributed by atoms with Crippen molar-refractivity contribution in [3.05, 3.63) is 89.2 Å². The van der Waals surface area contributed by atoms with Gasteiger partial charge in [-0.25, -0.2) is 0 Å². The van der Waals surface area contributed by atoms with Gasteiger partial charge in [0.15, 0.2) is 16.6 Å². The second-order valence-electron chi connectivity index (χ2n) is 7.85. The Hall–Kier alpha value is -3.12. The van der Waals surface area contributed by atoms with Crippen molar-refractivity contribution in [3.8, 4) is 11.5 Å². The van der Waals surface area contributed by atoms with E-state index in [9.17, 15) is 5.11 Å². The van der Waals surface area contributed by atoms with Crippen LogP contribution in [0.25, 0.3) is 0 Å². The summed E-state index contributed by atoms with van der Waals surface area (Å²) in [6.45, 7) is 0.555. The Morgan fingerprint density at radius 2 is 2.03 bits per heavy atom. The molecule has 2 aromatic carbocycles. The van der Waals surface area contributed by atoms with Gasteiger partial charge in [-0.2, -0.15) is 0 Å². The van der Waals surface area contributed by atoms with Crippen LogP contribution >= 0.6 is 12.2 Å². The van der Waals surface area contributed by atoms with Crippen molar-refractivity contribution >= 4 is 17.3 Å². The molecule has 0 bridgehead atoms. The van der Waals surface area contributed by atoms with Crippen molar-refractivity contribution in [1.82, 2.24) is 15.6 Å². The quantitative estimate of drug-likeness (QED) is 0.509. The van der Waals surface area contributed by atoms with Crippen molar-refractivity contribution in [1.29, 1.82) is 0 Å². The highest BCUT2D eigenvalue weighted by atomic mass is 32.1. The number of aromatic nitrogens is 1. The number of thiocarbonyl (C=S) groups is 1. The topological polar surface area (TPSA) is 66.4 Å². The first-order valence-corrected chi connectivity index (χ1v) is 10.9. The number of aryl methyl sites for hydroxylation is 1. The standard InChI is InChI=1S/C25H27N3O2S/c1-30-24-14-18(8-11-23(24)29)16-27-25(31)28-22-10-9-19-6-2-3-7-20(19)21(22)13-17-5-4-12-26-15-17/h2-8,11-12,14-15,21-22,29H,9-10,13,16H2,1H3,(H2,27,28,31). The third kappa shape index (κ3) is 5.14. The van der Waals surface area contributed by atoms with E-state index in [0.717, 1.165) is 24.8 Å². The second kappa shape index (κ2) is 9.79. The molecule has 3 N–H and O–H groups in total. The van der Waals surface area contributed by atoms with E-state index in [1.807, 2.05) is 30.6 Å². The smallest absolute Gasteiger partial charge is 0.166 e. The molecule has 6 heteroatoms. The molecule has 5 nitrogen and oxygen atoms in total. The molecule has 0 radical (unpaired) electrons. The summed E-state index contributed by atoms with van der Waals surface area (Å²) in [5.41, 5.74) is 5.02. The summed E-state index contributed by atoms with van der Waals surface area (Å²) < 4.78 is 5.19. The van der Waals surface area contributed by atoms with Gasteiger partial charge in [-0.15, -0.1) is 0 Å². The van der Waals surface area contributed by atoms with Crippen molar-refractivity contribution in [2.75, 3.05) is 7.11 Å². The lowest BCUT2D eigenvalue weighted by atomic mass is 9.76. The molecule has 1 heterocycles. The first-order chi connectivity index (χ1) is 15.1. The van der Waals surface area contributed by atoms with Gasteiger partial charge in [-0.3, -0.25) is 4.98 Å². The Labute approximate surface area is 188 Å². The SMILES string of the molecule is COc1cc(CNC(=S)NC2CCc3ccccc3C2Cc2cccnc2)ccc1O. The summed E-state index contributed by atoms with van der Waals surface area (Å²) in [6, 6.07) is 18.4. The normalized spacial score (nSPS) is 17.5. The molecule has 0 fully saturated rings. The van der Waals surface area contributed by atoms with Crippen LogP contribution in [0.5, 0.6) is 11.5 Å². The number of pyridine rings is 1. The molecule has 1 aliphatic rings. The fourth-order valence-corrected chi connectivity index (χ4v) is 4.51. The minimum Gasteiger partial charge on any atom is -0.504 e. The maximum atomic E-state index is 9.77. The molecular weight excluding hydrogens is 406 g/mol. The molecule has 2 atom stereocenters. The van der Waals surface area contributed by atoms with Crippen LogP contribution in [0.15, 0.2) is 67.0 Å². The number of ether oxygens (including phenoxy) is 1. The van der Waals surface area contributed by atoms with Gasteiger partial charge in [0.1, 0.15) is 0 Å². The summed E-state index contributed by atoms with van der Waals surface area (Å²) in [7, 11) is 1.54. The van der Waals surface area contributed by atoms with Gasteiger partial charge in [0, 0.05) is 30.9 Å². The van der Waals surface area contributed by atoms with Gasteiger partial charge in [-0.1, -0.05) is 36.4 Å². The average Bonchev–Trinajstić information content (AvgIpc) is 2.80. The maximum absolute atomic E-state index is 9.77. The Bertz CT molecular complexity index is 1040. The lowest BCUT2D eigenvalue weighted by Crippen LogP contribution is -2.46. The van der Waals surface area contributed by atoms with Crippen molar-refractivity contribution < 1.29 is 9.84 Å². The summed E-state index contributed by atoms with van der Waals surface area (Å²) in [5.74, 6) is 0.910. The number of rotatable bonds is 6. The third-order valence-electron chi connectivity index (χ3n) is 5.86. The molecule has 0 aliphatic heterocycles. The number of hydrogen-bond acceptors (Lipinski definition) is 4. The van der Waals surface area contributed by atoms with Gasteiger partial charge in [0.05, 0.1) is 7.11 Å². The number of phenols is 1. The van der Waals surface area contributed by atoms with Crippen molar-refractivity contribution in [2.45, 2.75) is 37.8 Å². The molecule has 1 aromatic heterocycles. The number of methoxy groups -OCH3 is 1. The lowest BCUT2D eigenvalue weighted by molar-refractivity contribution is 0.373. The molecule has 0 saturated heterocycles. The van der Waals surface area contributed by atoms with E-state index in [1.165, 1.54) is 16.7 Å². The van der Waals surface area contributed by atoms with Crippen LogP contribution in [0, 0.1) is 0 Å². The minimum atomic E-state index is 0.131. The van der Waals surface area contributed by atoms with Gasteiger partial charge < -0.3 is 20.5 Å². The predicted molar refractivity (Wildman–Crippen MR) is 126 cm³/mol. The lowest BCUT2D eigenvalue weighted by Gasteiger charge is -2.35. The van der Waals surface area contributed by atoms with Crippen LogP contribution < -0.4 is 15.4 Å². The third-order valence-corrected chi connectivity index (χ3v) is 6.12. The van der Waals surface area contributed by atoms with E-state index in [-0.39, 0.29) is 11.8 Å². The summed E-state index contributed by atoms with van der Waals surface area (Å²) in [4.78, 5) is 4.29. The number of aromatic hydroxyl groups is 1.